The van der Waals surface area contributed by atoms with E-state index in [9.17, 15) is 0 Å². The van der Waals surface area contributed by atoms with E-state index in [-0.39, 0.29) is 0 Å². The van der Waals surface area contributed by atoms with Crippen molar-refractivity contribution in [2.75, 3.05) is 5.32 Å². The first-order valence-electron chi connectivity index (χ1n) is 7.95. The van der Waals surface area contributed by atoms with E-state index in [1.807, 2.05) is 25.3 Å². The lowest BCUT2D eigenvalue weighted by Crippen LogP contribution is -2.07. The van der Waals surface area contributed by atoms with Gasteiger partial charge in [0.05, 0.1) is 0 Å². The number of aryl methyl sites for hydroxylation is 3. The molecule has 1 heterocycles. The molecule has 23 heavy (non-hydrogen) atoms. The maximum atomic E-state index is 4.58. The standard InChI is InChI=1S/C20H21N3/c1-16-21-15-19(13-12-17-8-4-2-5-9-17)20(23-16)22-14-18-10-6-3-7-11-18/h2-11,15H,12-14H2,1H3,(H,21,22,23). The van der Waals surface area contributed by atoms with Crippen molar-refractivity contribution in [3.8, 4) is 0 Å². The van der Waals surface area contributed by atoms with Crippen LogP contribution in [0, 0.1) is 6.92 Å². The molecule has 0 spiro atoms. The Morgan fingerprint density at radius 2 is 1.48 bits per heavy atom. The Labute approximate surface area is 137 Å². The molecule has 0 aliphatic rings. The fourth-order valence-corrected chi connectivity index (χ4v) is 2.54. The van der Waals surface area contributed by atoms with Crippen LogP contribution in [0.3, 0.4) is 0 Å². The molecule has 0 saturated carbocycles. The van der Waals surface area contributed by atoms with Crippen molar-refractivity contribution in [2.24, 2.45) is 0 Å². The van der Waals surface area contributed by atoms with Gasteiger partial charge in [-0.2, -0.15) is 0 Å². The van der Waals surface area contributed by atoms with E-state index >= 15 is 0 Å². The number of hydrogen-bond acceptors (Lipinski definition) is 3. The minimum Gasteiger partial charge on any atom is -0.366 e. The topological polar surface area (TPSA) is 37.8 Å². The van der Waals surface area contributed by atoms with E-state index in [1.54, 1.807) is 0 Å². The molecule has 0 aliphatic heterocycles. The predicted octanol–water partition coefficient (Wildman–Crippen LogP) is 4.18. The van der Waals surface area contributed by atoms with Crippen LogP contribution >= 0.6 is 0 Å². The van der Waals surface area contributed by atoms with E-state index in [1.165, 1.54) is 11.1 Å². The highest BCUT2D eigenvalue weighted by Gasteiger charge is 2.06. The highest BCUT2D eigenvalue weighted by molar-refractivity contribution is 5.44. The van der Waals surface area contributed by atoms with Crippen LogP contribution in [0.4, 0.5) is 5.82 Å². The Kier molecular flexibility index (Phi) is 4.99. The van der Waals surface area contributed by atoms with Gasteiger partial charge in [0.25, 0.3) is 0 Å². The molecule has 0 atom stereocenters. The summed E-state index contributed by atoms with van der Waals surface area (Å²) in [7, 11) is 0. The van der Waals surface area contributed by atoms with Gasteiger partial charge >= 0.3 is 0 Å². The third-order valence-electron chi connectivity index (χ3n) is 3.81. The fraction of sp³-hybridized carbons (Fsp3) is 0.200. The third-order valence-corrected chi connectivity index (χ3v) is 3.81. The fourth-order valence-electron chi connectivity index (χ4n) is 2.54. The molecular weight excluding hydrogens is 282 g/mol. The van der Waals surface area contributed by atoms with Crippen molar-refractivity contribution in [2.45, 2.75) is 26.3 Å². The molecule has 0 amide bonds. The second kappa shape index (κ2) is 7.54. The van der Waals surface area contributed by atoms with Crippen molar-refractivity contribution >= 4 is 5.82 Å². The van der Waals surface area contributed by atoms with Crippen molar-refractivity contribution in [1.82, 2.24) is 9.97 Å². The van der Waals surface area contributed by atoms with Crippen molar-refractivity contribution < 1.29 is 0 Å². The molecule has 3 heteroatoms. The minimum absolute atomic E-state index is 0.773. The Morgan fingerprint density at radius 3 is 2.17 bits per heavy atom. The molecule has 3 rings (SSSR count). The molecule has 0 fully saturated rings. The van der Waals surface area contributed by atoms with Crippen LogP contribution in [-0.2, 0) is 19.4 Å². The normalized spacial score (nSPS) is 10.5. The zero-order chi connectivity index (χ0) is 15.9. The number of nitrogens with zero attached hydrogens (tertiary/aromatic N) is 2. The minimum atomic E-state index is 0.773. The summed E-state index contributed by atoms with van der Waals surface area (Å²) >= 11 is 0. The largest absolute Gasteiger partial charge is 0.366 e. The molecule has 0 aliphatic carbocycles. The lowest BCUT2D eigenvalue weighted by atomic mass is 10.1. The van der Waals surface area contributed by atoms with E-state index in [0.717, 1.165) is 36.6 Å². The van der Waals surface area contributed by atoms with Crippen LogP contribution in [-0.4, -0.2) is 9.97 Å². The van der Waals surface area contributed by atoms with Gasteiger partial charge in [-0.1, -0.05) is 60.7 Å². The molecule has 2 aromatic carbocycles. The van der Waals surface area contributed by atoms with E-state index in [4.69, 9.17) is 0 Å². The van der Waals surface area contributed by atoms with Crippen LogP contribution in [0.5, 0.6) is 0 Å². The molecule has 1 N–H and O–H groups in total. The summed E-state index contributed by atoms with van der Waals surface area (Å²) in [6.07, 6.45) is 3.87. The molecule has 0 bridgehead atoms. The van der Waals surface area contributed by atoms with Crippen molar-refractivity contribution in [3.63, 3.8) is 0 Å². The maximum Gasteiger partial charge on any atom is 0.133 e. The highest BCUT2D eigenvalue weighted by Crippen LogP contribution is 2.16. The summed E-state index contributed by atoms with van der Waals surface area (Å²) in [6, 6.07) is 20.9. The summed E-state index contributed by atoms with van der Waals surface area (Å²) in [5.41, 5.74) is 3.75. The van der Waals surface area contributed by atoms with Crippen molar-refractivity contribution in [3.05, 3.63) is 89.4 Å². The smallest absolute Gasteiger partial charge is 0.133 e. The second-order valence-electron chi connectivity index (χ2n) is 5.62. The number of hydrogen-bond donors (Lipinski definition) is 1. The number of nitrogens with one attached hydrogen (secondary N) is 1. The molecule has 3 aromatic rings. The van der Waals surface area contributed by atoms with E-state index < -0.39 is 0 Å². The number of aromatic nitrogens is 2. The quantitative estimate of drug-likeness (QED) is 0.742. The summed E-state index contributed by atoms with van der Waals surface area (Å²) in [5, 5.41) is 3.46. The molecular formula is C20H21N3. The van der Waals surface area contributed by atoms with E-state index in [0.29, 0.717) is 0 Å². The highest BCUT2D eigenvalue weighted by atomic mass is 15.0. The summed E-state index contributed by atoms with van der Waals surface area (Å²) in [4.78, 5) is 8.93. The van der Waals surface area contributed by atoms with Crippen LogP contribution in [0.2, 0.25) is 0 Å². The SMILES string of the molecule is Cc1ncc(CCc2ccccc2)c(NCc2ccccc2)n1. The Balaban J connectivity index is 1.70. The van der Waals surface area contributed by atoms with Gasteiger partial charge in [0.15, 0.2) is 0 Å². The van der Waals surface area contributed by atoms with Gasteiger partial charge in [-0.05, 0) is 30.9 Å². The summed E-state index contributed by atoms with van der Waals surface area (Å²) in [5.74, 6) is 1.74. The number of anilines is 1. The first-order valence-corrected chi connectivity index (χ1v) is 7.95. The van der Waals surface area contributed by atoms with Crippen LogP contribution < -0.4 is 5.32 Å². The number of benzene rings is 2. The first kappa shape index (κ1) is 15.2. The van der Waals surface area contributed by atoms with Gasteiger partial charge in [-0.3, -0.25) is 0 Å². The Hall–Kier alpha value is -2.68. The van der Waals surface area contributed by atoms with Gasteiger partial charge in [0.1, 0.15) is 11.6 Å². The van der Waals surface area contributed by atoms with Gasteiger partial charge < -0.3 is 5.32 Å². The first-order chi connectivity index (χ1) is 11.3. The molecule has 0 unspecified atom stereocenters. The molecule has 0 saturated heterocycles. The lowest BCUT2D eigenvalue weighted by Gasteiger charge is -2.11. The Morgan fingerprint density at radius 1 is 0.826 bits per heavy atom. The van der Waals surface area contributed by atoms with Crippen LogP contribution in [0.1, 0.15) is 22.5 Å². The lowest BCUT2D eigenvalue weighted by molar-refractivity contribution is 0.910. The molecule has 116 valence electrons. The second-order valence-corrected chi connectivity index (χ2v) is 5.62. The Bertz CT molecular complexity index is 739. The molecule has 3 nitrogen and oxygen atoms in total. The summed E-state index contributed by atoms with van der Waals surface area (Å²) < 4.78 is 0. The molecule has 1 aromatic heterocycles. The zero-order valence-corrected chi connectivity index (χ0v) is 13.4. The summed E-state index contributed by atoms with van der Waals surface area (Å²) in [6.45, 7) is 2.70. The van der Waals surface area contributed by atoms with Crippen molar-refractivity contribution in [1.29, 1.82) is 0 Å². The van der Waals surface area contributed by atoms with Gasteiger partial charge in [0.2, 0.25) is 0 Å². The third kappa shape index (κ3) is 4.39. The number of rotatable bonds is 6. The monoisotopic (exact) mass is 303 g/mol. The van der Waals surface area contributed by atoms with Gasteiger partial charge in [-0.15, -0.1) is 0 Å². The maximum absolute atomic E-state index is 4.58. The average Bonchev–Trinajstić information content (AvgIpc) is 2.61. The predicted molar refractivity (Wildman–Crippen MR) is 94.4 cm³/mol. The molecule has 0 radical (unpaired) electrons. The van der Waals surface area contributed by atoms with Crippen LogP contribution in [0.15, 0.2) is 66.9 Å². The van der Waals surface area contributed by atoms with Gasteiger partial charge in [0, 0.05) is 18.3 Å². The van der Waals surface area contributed by atoms with Crippen LogP contribution in [0.25, 0.3) is 0 Å². The zero-order valence-electron chi connectivity index (χ0n) is 13.4. The van der Waals surface area contributed by atoms with Gasteiger partial charge in [-0.25, -0.2) is 9.97 Å². The average molecular weight is 303 g/mol. The van der Waals surface area contributed by atoms with E-state index in [2.05, 4.69) is 63.8 Å².